The summed E-state index contributed by atoms with van der Waals surface area (Å²) in [4.78, 5) is 1.96. The molecular weight excluding hydrogens is 198 g/mol. The molecule has 1 N–H and O–H groups in total. The van der Waals surface area contributed by atoms with E-state index in [-0.39, 0.29) is 6.04 Å². The zero-order chi connectivity index (χ0) is 10.8. The molecule has 0 spiro atoms. The minimum atomic E-state index is -0.529. The average molecular weight is 212 g/mol. The van der Waals surface area contributed by atoms with E-state index < -0.39 is 11.6 Å². The topological polar surface area (TPSA) is 15.3 Å². The highest BCUT2D eigenvalue weighted by molar-refractivity contribution is 5.49. The zero-order valence-corrected chi connectivity index (χ0v) is 8.63. The van der Waals surface area contributed by atoms with Gasteiger partial charge in [-0.05, 0) is 19.1 Å². The number of nitrogens with one attached hydrogen (secondary N) is 1. The largest absolute Gasteiger partial charge is 0.364 e. The van der Waals surface area contributed by atoms with Crippen molar-refractivity contribution in [3.8, 4) is 0 Å². The molecule has 15 heavy (non-hydrogen) atoms. The Morgan fingerprint density at radius 3 is 2.87 bits per heavy atom. The van der Waals surface area contributed by atoms with Crippen LogP contribution in [-0.2, 0) is 0 Å². The Morgan fingerprint density at radius 2 is 2.20 bits per heavy atom. The second-order valence-electron chi connectivity index (χ2n) is 3.84. The van der Waals surface area contributed by atoms with Gasteiger partial charge < -0.3 is 10.2 Å². The third kappa shape index (κ3) is 2.09. The van der Waals surface area contributed by atoms with Gasteiger partial charge in [0.15, 0.2) is 0 Å². The second-order valence-corrected chi connectivity index (χ2v) is 3.84. The van der Waals surface area contributed by atoms with Gasteiger partial charge in [0.25, 0.3) is 0 Å². The van der Waals surface area contributed by atoms with E-state index >= 15 is 0 Å². The standard InChI is InChI=1S/C11H14F2N2/c1-8-7-14-4-5-15(8)11-3-2-9(12)6-10(11)13/h2-3,6,8,14H,4-5,7H2,1H3. The van der Waals surface area contributed by atoms with Crippen molar-refractivity contribution in [2.24, 2.45) is 0 Å². The molecule has 4 heteroatoms. The molecular formula is C11H14F2N2. The van der Waals surface area contributed by atoms with Crippen LogP contribution >= 0.6 is 0 Å². The first kappa shape index (κ1) is 10.4. The van der Waals surface area contributed by atoms with Crippen molar-refractivity contribution in [3.63, 3.8) is 0 Å². The highest BCUT2D eigenvalue weighted by Crippen LogP contribution is 2.22. The first-order valence-electron chi connectivity index (χ1n) is 5.11. The van der Waals surface area contributed by atoms with E-state index in [4.69, 9.17) is 0 Å². The maximum Gasteiger partial charge on any atom is 0.149 e. The molecule has 1 aliphatic rings. The minimum Gasteiger partial charge on any atom is -0.364 e. The number of rotatable bonds is 1. The number of benzene rings is 1. The second kappa shape index (κ2) is 4.14. The Labute approximate surface area is 87.9 Å². The van der Waals surface area contributed by atoms with Gasteiger partial charge in [-0.3, -0.25) is 0 Å². The third-order valence-electron chi connectivity index (χ3n) is 2.72. The highest BCUT2D eigenvalue weighted by Gasteiger charge is 2.20. The summed E-state index contributed by atoms with van der Waals surface area (Å²) in [6.07, 6.45) is 0. The molecule has 0 saturated carbocycles. The summed E-state index contributed by atoms with van der Waals surface area (Å²) in [5.74, 6) is -1.01. The van der Waals surface area contributed by atoms with Gasteiger partial charge in [0, 0.05) is 31.7 Å². The summed E-state index contributed by atoms with van der Waals surface area (Å²) in [5, 5.41) is 3.23. The van der Waals surface area contributed by atoms with Crippen molar-refractivity contribution < 1.29 is 8.78 Å². The van der Waals surface area contributed by atoms with Gasteiger partial charge in [-0.2, -0.15) is 0 Å². The fraction of sp³-hybridized carbons (Fsp3) is 0.455. The van der Waals surface area contributed by atoms with Crippen molar-refractivity contribution in [1.29, 1.82) is 0 Å². The van der Waals surface area contributed by atoms with Crippen LogP contribution in [-0.4, -0.2) is 25.7 Å². The van der Waals surface area contributed by atoms with Gasteiger partial charge in [-0.15, -0.1) is 0 Å². The van der Waals surface area contributed by atoms with Crippen molar-refractivity contribution in [1.82, 2.24) is 5.32 Å². The predicted octanol–water partition coefficient (Wildman–Crippen LogP) is 1.76. The molecule has 0 aliphatic carbocycles. The average Bonchev–Trinajstić information content (AvgIpc) is 2.20. The summed E-state index contributed by atoms with van der Waals surface area (Å²) in [7, 11) is 0. The van der Waals surface area contributed by atoms with Crippen molar-refractivity contribution in [3.05, 3.63) is 29.8 Å². The molecule has 2 nitrogen and oxygen atoms in total. The number of piperazine rings is 1. The maximum absolute atomic E-state index is 13.5. The number of hydrogen-bond acceptors (Lipinski definition) is 2. The van der Waals surface area contributed by atoms with Crippen molar-refractivity contribution in [2.45, 2.75) is 13.0 Å². The first-order valence-corrected chi connectivity index (χ1v) is 5.11. The molecule has 0 radical (unpaired) electrons. The molecule has 1 aromatic carbocycles. The van der Waals surface area contributed by atoms with Gasteiger partial charge in [-0.1, -0.05) is 0 Å². The van der Waals surface area contributed by atoms with Gasteiger partial charge in [0.2, 0.25) is 0 Å². The van der Waals surface area contributed by atoms with Gasteiger partial charge in [0.05, 0.1) is 5.69 Å². The van der Waals surface area contributed by atoms with Crippen molar-refractivity contribution >= 4 is 5.69 Å². The Morgan fingerprint density at radius 1 is 1.40 bits per heavy atom. The SMILES string of the molecule is CC1CNCCN1c1ccc(F)cc1F. The smallest absolute Gasteiger partial charge is 0.149 e. The lowest BCUT2D eigenvalue weighted by Crippen LogP contribution is -2.50. The molecule has 0 bridgehead atoms. The highest BCUT2D eigenvalue weighted by atomic mass is 19.1. The fourth-order valence-corrected chi connectivity index (χ4v) is 1.91. The molecule has 1 fully saturated rings. The van der Waals surface area contributed by atoms with E-state index in [9.17, 15) is 8.78 Å². The van der Waals surface area contributed by atoms with E-state index in [0.29, 0.717) is 5.69 Å². The first-order chi connectivity index (χ1) is 7.18. The molecule has 1 heterocycles. The van der Waals surface area contributed by atoms with E-state index in [1.807, 2.05) is 11.8 Å². The lowest BCUT2D eigenvalue weighted by Gasteiger charge is -2.36. The Balaban J connectivity index is 2.27. The summed E-state index contributed by atoms with van der Waals surface area (Å²) < 4.78 is 26.2. The van der Waals surface area contributed by atoms with E-state index in [1.54, 1.807) is 0 Å². The van der Waals surface area contributed by atoms with E-state index in [0.717, 1.165) is 25.7 Å². The molecule has 1 saturated heterocycles. The quantitative estimate of drug-likeness (QED) is 0.763. The van der Waals surface area contributed by atoms with Crippen LogP contribution in [0.1, 0.15) is 6.92 Å². The van der Waals surface area contributed by atoms with Crippen LogP contribution in [0.5, 0.6) is 0 Å². The fourth-order valence-electron chi connectivity index (χ4n) is 1.91. The lowest BCUT2D eigenvalue weighted by molar-refractivity contribution is 0.488. The minimum absolute atomic E-state index is 0.235. The van der Waals surface area contributed by atoms with Gasteiger partial charge in [-0.25, -0.2) is 8.78 Å². The summed E-state index contributed by atoms with van der Waals surface area (Å²) >= 11 is 0. The van der Waals surface area contributed by atoms with Crippen LogP contribution in [0.2, 0.25) is 0 Å². The summed E-state index contributed by atoms with van der Waals surface area (Å²) in [6, 6.07) is 3.97. The maximum atomic E-state index is 13.5. The van der Waals surface area contributed by atoms with Crippen LogP contribution in [0.3, 0.4) is 0 Å². The van der Waals surface area contributed by atoms with Crippen LogP contribution < -0.4 is 10.2 Å². The van der Waals surface area contributed by atoms with E-state index in [2.05, 4.69) is 5.32 Å². The molecule has 82 valence electrons. The molecule has 1 atom stereocenters. The Hall–Kier alpha value is -1.16. The van der Waals surface area contributed by atoms with Crippen LogP contribution in [0, 0.1) is 11.6 Å². The zero-order valence-electron chi connectivity index (χ0n) is 8.63. The third-order valence-corrected chi connectivity index (χ3v) is 2.72. The number of nitrogens with zero attached hydrogens (tertiary/aromatic N) is 1. The van der Waals surface area contributed by atoms with Gasteiger partial charge >= 0.3 is 0 Å². The van der Waals surface area contributed by atoms with E-state index in [1.165, 1.54) is 12.1 Å². The molecule has 1 unspecified atom stereocenters. The molecule has 2 rings (SSSR count). The lowest BCUT2D eigenvalue weighted by atomic mass is 10.1. The molecule has 0 amide bonds. The van der Waals surface area contributed by atoms with Crippen LogP contribution in [0.25, 0.3) is 0 Å². The monoisotopic (exact) mass is 212 g/mol. The van der Waals surface area contributed by atoms with Crippen molar-refractivity contribution in [2.75, 3.05) is 24.5 Å². The normalized spacial score (nSPS) is 21.8. The Bertz CT molecular complexity index is 354. The number of halogens is 2. The van der Waals surface area contributed by atoms with Crippen LogP contribution in [0.4, 0.5) is 14.5 Å². The molecule has 0 aromatic heterocycles. The molecule has 1 aromatic rings. The molecule has 1 aliphatic heterocycles. The number of hydrogen-bond donors (Lipinski definition) is 1. The summed E-state index contributed by atoms with van der Waals surface area (Å²) in [6.45, 7) is 4.44. The van der Waals surface area contributed by atoms with Crippen LogP contribution in [0.15, 0.2) is 18.2 Å². The number of anilines is 1. The summed E-state index contributed by atoms with van der Waals surface area (Å²) in [5.41, 5.74) is 0.491. The predicted molar refractivity (Wildman–Crippen MR) is 56.0 cm³/mol. The van der Waals surface area contributed by atoms with Gasteiger partial charge in [0.1, 0.15) is 11.6 Å². The Kier molecular flexibility index (Phi) is 2.86.